The van der Waals surface area contributed by atoms with E-state index >= 15 is 0 Å². The number of nitrogens with zero attached hydrogens (tertiary/aromatic N) is 1. The number of piperidine rings is 1. The van der Waals surface area contributed by atoms with Crippen LogP contribution in [-0.2, 0) is 4.79 Å². The van der Waals surface area contributed by atoms with E-state index in [0.717, 1.165) is 38.0 Å². The first-order valence-corrected chi connectivity index (χ1v) is 6.35. The Balaban J connectivity index is 1.85. The maximum atomic E-state index is 11.9. The molecule has 4 heteroatoms. The first kappa shape index (κ1) is 11.3. The van der Waals surface area contributed by atoms with Gasteiger partial charge in [-0.2, -0.15) is 12.6 Å². The molecule has 3 nitrogen and oxygen atoms in total. The number of thiol groups is 1. The van der Waals surface area contributed by atoms with Crippen molar-refractivity contribution in [1.82, 2.24) is 4.90 Å². The third kappa shape index (κ3) is 2.67. The second-order valence-electron chi connectivity index (χ2n) is 4.97. The van der Waals surface area contributed by atoms with Crippen LogP contribution in [0.5, 0.6) is 0 Å². The molecule has 2 aliphatic rings. The molecule has 1 aliphatic carbocycles. The molecule has 1 N–H and O–H groups in total. The van der Waals surface area contributed by atoms with Crippen LogP contribution in [0.3, 0.4) is 0 Å². The number of likely N-dealkylation sites (tertiary alicyclic amines) is 1. The topological polar surface area (TPSA) is 40.5 Å². The zero-order chi connectivity index (χ0) is 10.9. The summed E-state index contributed by atoms with van der Waals surface area (Å²) in [5, 5.41) is 9.49. The molecule has 0 aromatic rings. The Morgan fingerprint density at radius 3 is 2.80 bits per heavy atom. The van der Waals surface area contributed by atoms with Crippen molar-refractivity contribution in [1.29, 1.82) is 0 Å². The number of aliphatic hydroxyl groups is 1. The van der Waals surface area contributed by atoms with E-state index in [1.807, 2.05) is 4.90 Å². The number of rotatable bonds is 3. The Morgan fingerprint density at radius 1 is 1.53 bits per heavy atom. The molecule has 1 heterocycles. The molecular formula is C11H19NO2S. The number of β-amino-alcohol motifs (C(OH)–C–C–N with tert-alkyl or cyclic N) is 1. The average molecular weight is 229 g/mol. The highest BCUT2D eigenvalue weighted by atomic mass is 32.1. The Bertz CT molecular complexity index is 253. The van der Waals surface area contributed by atoms with Gasteiger partial charge in [-0.15, -0.1) is 0 Å². The quantitative estimate of drug-likeness (QED) is 0.711. The lowest BCUT2D eigenvalue weighted by Crippen LogP contribution is -2.43. The maximum absolute atomic E-state index is 11.9. The fourth-order valence-electron chi connectivity index (χ4n) is 2.18. The van der Waals surface area contributed by atoms with Crippen molar-refractivity contribution in [3.63, 3.8) is 0 Å². The van der Waals surface area contributed by atoms with Gasteiger partial charge >= 0.3 is 0 Å². The van der Waals surface area contributed by atoms with E-state index in [4.69, 9.17) is 0 Å². The van der Waals surface area contributed by atoms with Crippen molar-refractivity contribution in [2.24, 2.45) is 5.41 Å². The van der Waals surface area contributed by atoms with Gasteiger partial charge in [0.15, 0.2) is 0 Å². The van der Waals surface area contributed by atoms with Crippen molar-refractivity contribution in [2.75, 3.05) is 18.8 Å². The molecule has 1 saturated heterocycles. The van der Waals surface area contributed by atoms with Crippen LogP contribution in [0.25, 0.3) is 0 Å². The third-order valence-electron chi connectivity index (χ3n) is 3.57. The highest BCUT2D eigenvalue weighted by Gasteiger charge is 2.43. The van der Waals surface area contributed by atoms with Gasteiger partial charge in [0.05, 0.1) is 6.10 Å². The van der Waals surface area contributed by atoms with Crippen LogP contribution in [0.4, 0.5) is 0 Å². The minimum atomic E-state index is -0.311. The van der Waals surface area contributed by atoms with Crippen LogP contribution in [0, 0.1) is 5.41 Å². The normalized spacial score (nSPS) is 28.9. The van der Waals surface area contributed by atoms with Gasteiger partial charge in [-0.25, -0.2) is 0 Å². The van der Waals surface area contributed by atoms with Crippen LogP contribution in [0.1, 0.15) is 32.1 Å². The lowest BCUT2D eigenvalue weighted by molar-refractivity contribution is -0.135. The predicted molar refractivity (Wildman–Crippen MR) is 62.0 cm³/mol. The smallest absolute Gasteiger partial charge is 0.223 e. The van der Waals surface area contributed by atoms with Gasteiger partial charge < -0.3 is 10.0 Å². The van der Waals surface area contributed by atoms with Crippen LogP contribution < -0.4 is 0 Å². The van der Waals surface area contributed by atoms with E-state index < -0.39 is 0 Å². The molecule has 0 bridgehead atoms. The van der Waals surface area contributed by atoms with Crippen molar-refractivity contribution < 1.29 is 9.90 Å². The fourth-order valence-corrected chi connectivity index (χ4v) is 2.61. The first-order valence-electron chi connectivity index (χ1n) is 5.72. The number of aliphatic hydroxyl groups excluding tert-OH is 1. The minimum Gasteiger partial charge on any atom is -0.391 e. The van der Waals surface area contributed by atoms with E-state index in [1.165, 1.54) is 0 Å². The summed E-state index contributed by atoms with van der Waals surface area (Å²) in [6.07, 6.45) is 4.36. The van der Waals surface area contributed by atoms with Gasteiger partial charge in [-0.05, 0) is 36.9 Å². The van der Waals surface area contributed by atoms with E-state index in [2.05, 4.69) is 12.6 Å². The molecule has 2 rings (SSSR count). The SMILES string of the molecule is O=C(CC1(CS)CC1)N1CCCC(O)C1. The highest BCUT2D eigenvalue weighted by molar-refractivity contribution is 7.80. The average Bonchev–Trinajstić information content (AvgIpc) is 2.98. The molecule has 1 atom stereocenters. The molecule has 1 unspecified atom stereocenters. The van der Waals surface area contributed by atoms with Crippen LogP contribution >= 0.6 is 12.6 Å². The lowest BCUT2D eigenvalue weighted by atomic mass is 10.0. The summed E-state index contributed by atoms with van der Waals surface area (Å²) < 4.78 is 0. The summed E-state index contributed by atoms with van der Waals surface area (Å²) in [7, 11) is 0. The Hall–Kier alpha value is -0.220. The second-order valence-corrected chi connectivity index (χ2v) is 5.29. The fraction of sp³-hybridized carbons (Fsp3) is 0.909. The molecule has 0 radical (unpaired) electrons. The largest absolute Gasteiger partial charge is 0.391 e. The summed E-state index contributed by atoms with van der Waals surface area (Å²) in [6.45, 7) is 1.35. The molecule has 0 spiro atoms. The van der Waals surface area contributed by atoms with Crippen LogP contribution in [-0.4, -0.2) is 40.9 Å². The zero-order valence-electron chi connectivity index (χ0n) is 8.98. The number of carbonyl (C=O) groups excluding carboxylic acids is 1. The molecule has 1 saturated carbocycles. The standard InChI is InChI=1S/C11H19NO2S/c13-9-2-1-5-12(7-9)10(14)6-11(8-15)3-4-11/h9,13,15H,1-8H2. The van der Waals surface area contributed by atoms with Crippen molar-refractivity contribution in [2.45, 2.75) is 38.2 Å². The number of carbonyl (C=O) groups is 1. The summed E-state index contributed by atoms with van der Waals surface area (Å²) in [5.41, 5.74) is 0.197. The third-order valence-corrected chi connectivity index (χ3v) is 4.24. The molecule has 86 valence electrons. The Labute approximate surface area is 96.2 Å². The van der Waals surface area contributed by atoms with Gasteiger partial charge in [0.1, 0.15) is 0 Å². The van der Waals surface area contributed by atoms with Gasteiger partial charge in [0, 0.05) is 19.5 Å². The maximum Gasteiger partial charge on any atom is 0.223 e. The Morgan fingerprint density at radius 2 is 2.27 bits per heavy atom. The molecule has 0 aromatic heterocycles. The Kier molecular flexibility index (Phi) is 3.26. The first-order chi connectivity index (χ1) is 7.15. The lowest BCUT2D eigenvalue weighted by Gasteiger charge is -2.31. The molecule has 15 heavy (non-hydrogen) atoms. The van der Waals surface area contributed by atoms with Crippen LogP contribution in [0.2, 0.25) is 0 Å². The predicted octanol–water partition coefficient (Wildman–Crippen LogP) is 1.07. The van der Waals surface area contributed by atoms with Crippen molar-refractivity contribution in [3.05, 3.63) is 0 Å². The van der Waals surface area contributed by atoms with Gasteiger partial charge in [0.2, 0.25) is 5.91 Å². The van der Waals surface area contributed by atoms with E-state index in [-0.39, 0.29) is 17.4 Å². The molecule has 1 amide bonds. The van der Waals surface area contributed by atoms with Gasteiger partial charge in [-0.1, -0.05) is 0 Å². The van der Waals surface area contributed by atoms with Gasteiger partial charge in [0.25, 0.3) is 0 Å². The van der Waals surface area contributed by atoms with Crippen LogP contribution in [0.15, 0.2) is 0 Å². The number of hydrogen-bond donors (Lipinski definition) is 2. The van der Waals surface area contributed by atoms with E-state index in [0.29, 0.717) is 13.0 Å². The summed E-state index contributed by atoms with van der Waals surface area (Å²) >= 11 is 4.30. The molecular weight excluding hydrogens is 210 g/mol. The molecule has 1 aliphatic heterocycles. The van der Waals surface area contributed by atoms with Gasteiger partial charge in [-0.3, -0.25) is 4.79 Å². The highest BCUT2D eigenvalue weighted by Crippen LogP contribution is 2.49. The van der Waals surface area contributed by atoms with Crippen molar-refractivity contribution in [3.8, 4) is 0 Å². The van der Waals surface area contributed by atoms with E-state index in [1.54, 1.807) is 0 Å². The van der Waals surface area contributed by atoms with E-state index in [9.17, 15) is 9.90 Å². The van der Waals surface area contributed by atoms with Crippen molar-refractivity contribution >= 4 is 18.5 Å². The summed E-state index contributed by atoms with van der Waals surface area (Å²) in [5.74, 6) is 1.02. The molecule has 0 aromatic carbocycles. The monoisotopic (exact) mass is 229 g/mol. The number of hydrogen-bond acceptors (Lipinski definition) is 3. The summed E-state index contributed by atoms with van der Waals surface area (Å²) in [4.78, 5) is 13.8. The number of amides is 1. The second kappa shape index (κ2) is 4.34. The summed E-state index contributed by atoms with van der Waals surface area (Å²) in [6, 6.07) is 0. The minimum absolute atomic E-state index is 0.197. The zero-order valence-corrected chi connectivity index (χ0v) is 9.88. The molecule has 2 fully saturated rings.